The van der Waals surface area contributed by atoms with Crippen LogP contribution in [0, 0.1) is 5.82 Å². The van der Waals surface area contributed by atoms with Crippen molar-refractivity contribution in [3.05, 3.63) is 94.6 Å². The molecule has 178 valence electrons. The van der Waals surface area contributed by atoms with E-state index >= 15 is 0 Å². The molecule has 0 bridgehead atoms. The predicted octanol–water partition coefficient (Wildman–Crippen LogP) is 6.66. The molecule has 3 aromatic carbocycles. The lowest BCUT2D eigenvalue weighted by Crippen LogP contribution is -2.27. The van der Waals surface area contributed by atoms with Crippen LogP contribution in [0.15, 0.2) is 77.7 Å². The molecule has 1 aliphatic heterocycles. The van der Waals surface area contributed by atoms with Crippen LogP contribution >= 0.6 is 24.0 Å². The van der Waals surface area contributed by atoms with Gasteiger partial charge in [0.05, 0.1) is 17.2 Å². The highest BCUT2D eigenvalue weighted by Crippen LogP contribution is 2.37. The second-order valence-electron chi connectivity index (χ2n) is 7.77. The molecule has 1 N–H and O–H groups in total. The summed E-state index contributed by atoms with van der Waals surface area (Å²) in [5, 5.41) is 2.72. The van der Waals surface area contributed by atoms with Crippen molar-refractivity contribution in [2.24, 2.45) is 0 Å². The van der Waals surface area contributed by atoms with E-state index in [1.54, 1.807) is 30.3 Å². The van der Waals surface area contributed by atoms with Crippen LogP contribution in [-0.2, 0) is 4.79 Å². The molecule has 0 spiro atoms. The van der Waals surface area contributed by atoms with Crippen molar-refractivity contribution >= 4 is 57.6 Å². The summed E-state index contributed by atoms with van der Waals surface area (Å²) >= 11 is 6.70. The zero-order valence-corrected chi connectivity index (χ0v) is 20.6. The number of carbonyl (C=O) groups is 2. The zero-order chi connectivity index (χ0) is 24.8. The van der Waals surface area contributed by atoms with Crippen molar-refractivity contribution in [1.29, 1.82) is 0 Å². The first kappa shape index (κ1) is 24.6. The first-order valence-corrected chi connectivity index (χ1v) is 12.4. The molecule has 8 heteroatoms. The molecule has 0 saturated carbocycles. The SMILES string of the molecule is CCCCOc1ccccc1/C=C1/SC(=S)N(c2cccc(C(=O)Nc3ccc(F)cc3)c2)C1=O. The molecule has 0 aliphatic carbocycles. The van der Waals surface area contributed by atoms with E-state index in [1.807, 2.05) is 24.3 Å². The second kappa shape index (κ2) is 11.3. The number of nitrogens with zero attached hydrogens (tertiary/aromatic N) is 1. The Hall–Kier alpha value is -3.49. The highest BCUT2D eigenvalue weighted by molar-refractivity contribution is 8.27. The normalized spacial score (nSPS) is 14.5. The third-order valence-electron chi connectivity index (χ3n) is 5.22. The maximum atomic E-state index is 13.3. The van der Waals surface area contributed by atoms with Crippen molar-refractivity contribution in [3.63, 3.8) is 0 Å². The minimum absolute atomic E-state index is 0.264. The third kappa shape index (κ3) is 5.96. The number of carbonyl (C=O) groups excluding carboxylic acids is 2. The zero-order valence-electron chi connectivity index (χ0n) is 19.0. The standard InChI is InChI=1S/C27H23FN2O3S2/c1-2-3-15-33-23-10-5-4-7-18(23)17-24-26(32)30(27(34)35-24)22-9-6-8-19(16-22)25(31)29-21-13-11-20(28)12-14-21/h4-14,16-17H,2-3,15H2,1H3,(H,29,31)/b24-17+. The molecular weight excluding hydrogens is 483 g/mol. The number of hydrogen-bond acceptors (Lipinski definition) is 5. The Bertz CT molecular complexity index is 1290. The van der Waals surface area contributed by atoms with Gasteiger partial charge in [-0.25, -0.2) is 4.39 Å². The topological polar surface area (TPSA) is 58.6 Å². The van der Waals surface area contributed by atoms with E-state index in [9.17, 15) is 14.0 Å². The van der Waals surface area contributed by atoms with Crippen LogP contribution in [0.2, 0.25) is 0 Å². The van der Waals surface area contributed by atoms with Crippen LogP contribution in [0.4, 0.5) is 15.8 Å². The molecule has 0 unspecified atom stereocenters. The highest BCUT2D eigenvalue weighted by Gasteiger charge is 2.33. The minimum Gasteiger partial charge on any atom is -0.493 e. The molecule has 35 heavy (non-hydrogen) atoms. The van der Waals surface area contributed by atoms with Crippen molar-refractivity contribution in [1.82, 2.24) is 0 Å². The molecule has 0 atom stereocenters. The number of anilines is 2. The first-order valence-electron chi connectivity index (χ1n) is 11.1. The van der Waals surface area contributed by atoms with E-state index in [2.05, 4.69) is 12.2 Å². The smallest absolute Gasteiger partial charge is 0.270 e. The predicted molar refractivity (Wildman–Crippen MR) is 143 cm³/mol. The van der Waals surface area contributed by atoms with E-state index in [-0.39, 0.29) is 17.6 Å². The van der Waals surface area contributed by atoms with E-state index < -0.39 is 0 Å². The van der Waals surface area contributed by atoms with Crippen molar-refractivity contribution in [3.8, 4) is 5.75 Å². The summed E-state index contributed by atoms with van der Waals surface area (Å²) in [5.41, 5.74) is 2.11. The van der Waals surface area contributed by atoms with Gasteiger partial charge in [0.25, 0.3) is 11.8 Å². The number of unbranched alkanes of at least 4 members (excludes halogenated alkanes) is 1. The van der Waals surface area contributed by atoms with Crippen LogP contribution < -0.4 is 15.0 Å². The third-order valence-corrected chi connectivity index (χ3v) is 6.53. The van der Waals surface area contributed by atoms with Gasteiger partial charge in [-0.05, 0) is 61.0 Å². The Kier molecular flexibility index (Phi) is 7.94. The Labute approximate surface area is 213 Å². The van der Waals surface area contributed by atoms with E-state index in [4.69, 9.17) is 17.0 Å². The molecule has 1 aliphatic rings. The number of benzene rings is 3. The van der Waals surface area contributed by atoms with Crippen molar-refractivity contribution in [2.75, 3.05) is 16.8 Å². The number of hydrogen-bond donors (Lipinski definition) is 1. The quantitative estimate of drug-likeness (QED) is 0.210. The van der Waals surface area contributed by atoms with Crippen LogP contribution in [0.5, 0.6) is 5.75 Å². The van der Waals surface area contributed by atoms with E-state index in [1.165, 1.54) is 40.9 Å². The summed E-state index contributed by atoms with van der Waals surface area (Å²) in [6.45, 7) is 2.71. The molecule has 5 nitrogen and oxygen atoms in total. The summed E-state index contributed by atoms with van der Waals surface area (Å²) in [5.74, 6) is -0.315. The largest absolute Gasteiger partial charge is 0.493 e. The van der Waals surface area contributed by atoms with Gasteiger partial charge in [-0.2, -0.15) is 0 Å². The van der Waals surface area contributed by atoms with Crippen LogP contribution in [-0.4, -0.2) is 22.7 Å². The monoisotopic (exact) mass is 506 g/mol. The summed E-state index contributed by atoms with van der Waals surface area (Å²) in [6, 6.07) is 19.7. The minimum atomic E-state index is -0.387. The van der Waals surface area contributed by atoms with Crippen LogP contribution in [0.1, 0.15) is 35.7 Å². The fraction of sp³-hybridized carbons (Fsp3) is 0.148. The lowest BCUT2D eigenvalue weighted by molar-refractivity contribution is -0.113. The van der Waals surface area contributed by atoms with Gasteiger partial charge in [-0.3, -0.25) is 14.5 Å². The van der Waals surface area contributed by atoms with E-state index in [0.717, 1.165) is 18.4 Å². The number of amides is 2. The molecular formula is C27H23FN2O3S2. The first-order chi connectivity index (χ1) is 17.0. The average molecular weight is 507 g/mol. The average Bonchev–Trinajstić information content (AvgIpc) is 3.14. The fourth-order valence-corrected chi connectivity index (χ4v) is 4.70. The number of ether oxygens (including phenoxy) is 1. The lowest BCUT2D eigenvalue weighted by atomic mass is 10.1. The second-order valence-corrected chi connectivity index (χ2v) is 9.44. The molecule has 4 rings (SSSR count). The molecule has 0 radical (unpaired) electrons. The van der Waals surface area contributed by atoms with Crippen molar-refractivity contribution in [2.45, 2.75) is 19.8 Å². The summed E-state index contributed by atoms with van der Waals surface area (Å²) in [7, 11) is 0. The van der Waals surface area contributed by atoms with Gasteiger partial charge in [0.2, 0.25) is 0 Å². The molecule has 2 amide bonds. The fourth-order valence-electron chi connectivity index (χ4n) is 3.41. The molecule has 1 saturated heterocycles. The lowest BCUT2D eigenvalue weighted by Gasteiger charge is -2.15. The van der Waals surface area contributed by atoms with Gasteiger partial charge >= 0.3 is 0 Å². The van der Waals surface area contributed by atoms with Gasteiger partial charge in [0.15, 0.2) is 4.32 Å². The van der Waals surface area contributed by atoms with Gasteiger partial charge in [-0.1, -0.05) is 61.6 Å². The van der Waals surface area contributed by atoms with Gasteiger partial charge < -0.3 is 10.1 Å². The van der Waals surface area contributed by atoms with Gasteiger partial charge in [0.1, 0.15) is 11.6 Å². The number of para-hydroxylation sites is 1. The number of thioether (sulfide) groups is 1. The summed E-state index contributed by atoms with van der Waals surface area (Å²) < 4.78 is 19.4. The maximum Gasteiger partial charge on any atom is 0.270 e. The van der Waals surface area contributed by atoms with Crippen molar-refractivity contribution < 1.29 is 18.7 Å². The summed E-state index contributed by atoms with van der Waals surface area (Å²) in [4.78, 5) is 27.9. The Balaban J connectivity index is 1.54. The number of nitrogens with one attached hydrogen (secondary N) is 1. The maximum absolute atomic E-state index is 13.3. The Morgan fingerprint density at radius 3 is 2.66 bits per heavy atom. The Morgan fingerprint density at radius 1 is 1.11 bits per heavy atom. The number of halogens is 1. The van der Waals surface area contributed by atoms with Crippen LogP contribution in [0.25, 0.3) is 6.08 Å². The number of rotatable bonds is 8. The highest BCUT2D eigenvalue weighted by atomic mass is 32.2. The molecule has 3 aromatic rings. The molecule has 0 aromatic heterocycles. The van der Waals surface area contributed by atoms with Gasteiger partial charge in [-0.15, -0.1) is 0 Å². The Morgan fingerprint density at radius 2 is 1.89 bits per heavy atom. The van der Waals surface area contributed by atoms with E-state index in [0.29, 0.717) is 38.5 Å². The molecule has 1 heterocycles. The molecule has 1 fully saturated rings. The van der Waals surface area contributed by atoms with Crippen LogP contribution in [0.3, 0.4) is 0 Å². The number of thiocarbonyl (C=S) groups is 1. The van der Waals surface area contributed by atoms with Gasteiger partial charge in [0, 0.05) is 16.8 Å². The summed E-state index contributed by atoms with van der Waals surface area (Å²) in [6.07, 6.45) is 3.76.